The van der Waals surface area contributed by atoms with E-state index in [-0.39, 0.29) is 11.8 Å². The third-order valence-corrected chi connectivity index (χ3v) is 4.35. The first-order valence-electron chi connectivity index (χ1n) is 7.12. The Morgan fingerprint density at radius 2 is 2.00 bits per heavy atom. The average molecular weight is 260 g/mol. The molecule has 3 N–H and O–H groups in total. The van der Waals surface area contributed by atoms with Gasteiger partial charge in [-0.2, -0.15) is 0 Å². The molecule has 5 nitrogen and oxygen atoms in total. The van der Waals surface area contributed by atoms with Crippen LogP contribution in [0.2, 0.25) is 0 Å². The highest BCUT2D eigenvalue weighted by Gasteiger charge is 2.26. The maximum Gasteiger partial charge on any atom is 0.220 e. The number of carbonyl (C=O) groups is 1. The minimum Gasteiger partial charge on any atom is -0.369 e. The highest BCUT2D eigenvalue weighted by molar-refractivity contribution is 5.76. The predicted molar refractivity (Wildman–Crippen MR) is 72.6 cm³/mol. The minimum absolute atomic E-state index is 0.0640. The van der Waals surface area contributed by atoms with Crippen LogP contribution in [-0.4, -0.2) is 21.9 Å². The monoisotopic (exact) mass is 260 g/mol. The molecule has 0 spiro atoms. The number of carbonyl (C=O) groups excluding carboxylic acids is 1. The van der Waals surface area contributed by atoms with Gasteiger partial charge in [0.05, 0.1) is 0 Å². The SMILES string of the molecule is NC(=O)C1CCC(Nc2ncnc3c2CCC3)CC1. The van der Waals surface area contributed by atoms with E-state index in [1.54, 1.807) is 6.33 Å². The predicted octanol–water partition coefficient (Wildman–Crippen LogP) is 1.42. The third kappa shape index (κ3) is 2.55. The molecule has 0 bridgehead atoms. The lowest BCUT2D eigenvalue weighted by Crippen LogP contribution is -2.32. The number of primary amides is 1. The van der Waals surface area contributed by atoms with E-state index in [0.717, 1.165) is 44.3 Å². The topological polar surface area (TPSA) is 80.9 Å². The molecule has 1 aromatic heterocycles. The van der Waals surface area contributed by atoms with Gasteiger partial charge in [-0.3, -0.25) is 4.79 Å². The van der Waals surface area contributed by atoms with Gasteiger partial charge < -0.3 is 11.1 Å². The lowest BCUT2D eigenvalue weighted by molar-refractivity contribution is -0.122. The summed E-state index contributed by atoms with van der Waals surface area (Å²) in [6, 6.07) is 0.412. The number of nitrogens with zero attached hydrogens (tertiary/aromatic N) is 2. The molecule has 0 atom stereocenters. The van der Waals surface area contributed by atoms with Crippen molar-refractivity contribution in [1.82, 2.24) is 9.97 Å². The fraction of sp³-hybridized carbons (Fsp3) is 0.643. The summed E-state index contributed by atoms with van der Waals surface area (Å²) >= 11 is 0. The summed E-state index contributed by atoms with van der Waals surface area (Å²) in [6.07, 6.45) is 8.74. The minimum atomic E-state index is -0.152. The van der Waals surface area contributed by atoms with Crippen LogP contribution >= 0.6 is 0 Å². The molecule has 1 aromatic rings. The van der Waals surface area contributed by atoms with Crippen LogP contribution in [-0.2, 0) is 17.6 Å². The Hall–Kier alpha value is -1.65. The molecule has 1 heterocycles. The zero-order valence-corrected chi connectivity index (χ0v) is 11.1. The van der Waals surface area contributed by atoms with Crippen molar-refractivity contribution < 1.29 is 4.79 Å². The number of hydrogen-bond acceptors (Lipinski definition) is 4. The van der Waals surface area contributed by atoms with Crippen LogP contribution in [0.15, 0.2) is 6.33 Å². The molecule has 102 valence electrons. The van der Waals surface area contributed by atoms with Gasteiger partial charge in [0.15, 0.2) is 0 Å². The summed E-state index contributed by atoms with van der Waals surface area (Å²) in [5.41, 5.74) is 7.85. The van der Waals surface area contributed by atoms with Crippen molar-refractivity contribution in [3.63, 3.8) is 0 Å². The first-order valence-corrected chi connectivity index (χ1v) is 7.12. The summed E-state index contributed by atoms with van der Waals surface area (Å²) in [7, 11) is 0. The first-order chi connectivity index (χ1) is 9.24. The van der Waals surface area contributed by atoms with Gasteiger partial charge in [0.1, 0.15) is 12.1 Å². The molecule has 1 amide bonds. The number of nitrogens with one attached hydrogen (secondary N) is 1. The molecule has 0 saturated heterocycles. The third-order valence-electron chi connectivity index (χ3n) is 4.35. The number of aromatic nitrogens is 2. The highest BCUT2D eigenvalue weighted by atomic mass is 16.1. The molecule has 1 fully saturated rings. The van der Waals surface area contributed by atoms with Crippen molar-refractivity contribution in [2.24, 2.45) is 11.7 Å². The number of anilines is 1. The van der Waals surface area contributed by atoms with Crippen LogP contribution in [0.1, 0.15) is 43.4 Å². The van der Waals surface area contributed by atoms with Crippen LogP contribution in [0, 0.1) is 5.92 Å². The molecular formula is C14H20N4O. The van der Waals surface area contributed by atoms with Crippen LogP contribution < -0.4 is 11.1 Å². The van der Waals surface area contributed by atoms with Crippen LogP contribution in [0.25, 0.3) is 0 Å². The number of nitrogens with two attached hydrogens (primary N) is 1. The van der Waals surface area contributed by atoms with E-state index in [1.165, 1.54) is 17.7 Å². The van der Waals surface area contributed by atoms with E-state index in [0.29, 0.717) is 6.04 Å². The molecule has 5 heteroatoms. The number of fused-ring (bicyclic) bond motifs is 1. The Kier molecular flexibility index (Phi) is 3.36. The van der Waals surface area contributed by atoms with E-state index in [2.05, 4.69) is 15.3 Å². The van der Waals surface area contributed by atoms with Crippen molar-refractivity contribution in [1.29, 1.82) is 0 Å². The molecule has 19 heavy (non-hydrogen) atoms. The second-order valence-corrected chi connectivity index (χ2v) is 5.60. The zero-order chi connectivity index (χ0) is 13.2. The molecule has 3 rings (SSSR count). The van der Waals surface area contributed by atoms with Gasteiger partial charge >= 0.3 is 0 Å². The molecule has 0 aliphatic heterocycles. The van der Waals surface area contributed by atoms with E-state index >= 15 is 0 Å². The second kappa shape index (κ2) is 5.15. The van der Waals surface area contributed by atoms with Gasteiger partial charge in [-0.25, -0.2) is 9.97 Å². The van der Waals surface area contributed by atoms with Gasteiger partial charge in [-0.1, -0.05) is 0 Å². The molecular weight excluding hydrogens is 240 g/mol. The van der Waals surface area contributed by atoms with E-state index in [1.807, 2.05) is 0 Å². The van der Waals surface area contributed by atoms with Crippen molar-refractivity contribution in [3.05, 3.63) is 17.6 Å². The number of hydrogen-bond donors (Lipinski definition) is 2. The standard InChI is InChI=1S/C14H20N4O/c15-13(19)9-4-6-10(7-5-9)18-14-11-2-1-3-12(11)16-8-17-14/h8-10H,1-7H2,(H2,15,19)(H,16,17,18). The number of rotatable bonds is 3. The highest BCUT2D eigenvalue weighted by Crippen LogP contribution is 2.29. The Labute approximate surface area is 113 Å². The Bertz CT molecular complexity index is 480. The normalized spacial score (nSPS) is 25.9. The summed E-state index contributed by atoms with van der Waals surface area (Å²) in [4.78, 5) is 19.9. The molecule has 0 unspecified atom stereocenters. The number of aryl methyl sites for hydroxylation is 1. The smallest absolute Gasteiger partial charge is 0.220 e. The summed E-state index contributed by atoms with van der Waals surface area (Å²) in [5.74, 6) is 0.917. The van der Waals surface area contributed by atoms with E-state index in [9.17, 15) is 4.79 Å². The maximum absolute atomic E-state index is 11.2. The summed E-state index contributed by atoms with van der Waals surface area (Å²) in [5, 5.41) is 3.54. The van der Waals surface area contributed by atoms with Gasteiger partial charge in [0, 0.05) is 23.2 Å². The Morgan fingerprint density at radius 1 is 1.21 bits per heavy atom. The lowest BCUT2D eigenvalue weighted by atomic mass is 9.85. The largest absolute Gasteiger partial charge is 0.369 e. The molecule has 1 saturated carbocycles. The fourth-order valence-electron chi connectivity index (χ4n) is 3.20. The van der Waals surface area contributed by atoms with E-state index in [4.69, 9.17) is 5.73 Å². The van der Waals surface area contributed by atoms with Crippen LogP contribution in [0.5, 0.6) is 0 Å². The molecule has 2 aliphatic carbocycles. The zero-order valence-electron chi connectivity index (χ0n) is 11.1. The van der Waals surface area contributed by atoms with Crippen LogP contribution in [0.3, 0.4) is 0 Å². The van der Waals surface area contributed by atoms with Gasteiger partial charge in [0.25, 0.3) is 0 Å². The summed E-state index contributed by atoms with van der Waals surface area (Å²) in [6.45, 7) is 0. The first kappa shape index (κ1) is 12.4. The number of amides is 1. The molecule has 2 aliphatic rings. The second-order valence-electron chi connectivity index (χ2n) is 5.60. The molecule has 0 radical (unpaired) electrons. The van der Waals surface area contributed by atoms with Crippen LogP contribution in [0.4, 0.5) is 5.82 Å². The Morgan fingerprint density at radius 3 is 2.74 bits per heavy atom. The van der Waals surface area contributed by atoms with Gasteiger partial charge in [-0.15, -0.1) is 0 Å². The average Bonchev–Trinajstić information content (AvgIpc) is 2.89. The van der Waals surface area contributed by atoms with Crippen molar-refractivity contribution in [3.8, 4) is 0 Å². The van der Waals surface area contributed by atoms with Crippen molar-refractivity contribution in [2.45, 2.75) is 51.0 Å². The maximum atomic E-state index is 11.2. The van der Waals surface area contributed by atoms with Gasteiger partial charge in [0.2, 0.25) is 5.91 Å². The summed E-state index contributed by atoms with van der Waals surface area (Å²) < 4.78 is 0. The quantitative estimate of drug-likeness (QED) is 0.861. The van der Waals surface area contributed by atoms with Crippen molar-refractivity contribution >= 4 is 11.7 Å². The fourth-order valence-corrected chi connectivity index (χ4v) is 3.20. The molecule has 0 aromatic carbocycles. The van der Waals surface area contributed by atoms with Crippen molar-refractivity contribution in [2.75, 3.05) is 5.32 Å². The van der Waals surface area contributed by atoms with Gasteiger partial charge in [-0.05, 0) is 44.9 Å². The van der Waals surface area contributed by atoms with E-state index < -0.39 is 0 Å². The Balaban J connectivity index is 1.64. The lowest BCUT2D eigenvalue weighted by Gasteiger charge is -2.28.